The summed E-state index contributed by atoms with van der Waals surface area (Å²) in [4.78, 5) is 17.7. The van der Waals surface area contributed by atoms with Crippen LogP contribution < -0.4 is 10.9 Å². The van der Waals surface area contributed by atoms with Gasteiger partial charge in [-0.15, -0.1) is 0 Å². The Bertz CT molecular complexity index is 963. The zero-order valence-corrected chi connectivity index (χ0v) is 14.3. The summed E-state index contributed by atoms with van der Waals surface area (Å²) in [6.45, 7) is 1.95. The largest absolute Gasteiger partial charge is 0.377 e. The second kappa shape index (κ2) is 7.35. The van der Waals surface area contributed by atoms with Crippen molar-refractivity contribution in [3.63, 3.8) is 0 Å². The number of para-hydroxylation sites is 1. The van der Waals surface area contributed by atoms with E-state index in [0.717, 1.165) is 19.4 Å². The number of nitrogens with zero attached hydrogens (tertiary/aromatic N) is 2. The molecule has 0 saturated carbocycles. The Labute approximate surface area is 150 Å². The highest BCUT2D eigenvalue weighted by Crippen LogP contribution is 2.14. The Morgan fingerprint density at radius 1 is 1.19 bits per heavy atom. The molecule has 1 N–H and O–H groups in total. The number of benzene rings is 2. The summed E-state index contributed by atoms with van der Waals surface area (Å²) >= 11 is 0. The van der Waals surface area contributed by atoms with Crippen molar-refractivity contribution in [2.45, 2.75) is 25.5 Å². The molecule has 6 heteroatoms. The van der Waals surface area contributed by atoms with E-state index in [-0.39, 0.29) is 17.5 Å². The van der Waals surface area contributed by atoms with Crippen LogP contribution in [0.5, 0.6) is 0 Å². The van der Waals surface area contributed by atoms with Crippen LogP contribution in [0.3, 0.4) is 0 Å². The molecular weight excluding hydrogens is 333 g/mol. The SMILES string of the molecule is O=c1c2ccccc2nc(CNC[C@H]2CCCO2)n1-c1ccc(F)cc1. The van der Waals surface area contributed by atoms with Crippen LogP contribution in [0.2, 0.25) is 0 Å². The Morgan fingerprint density at radius 2 is 2.00 bits per heavy atom. The minimum atomic E-state index is -0.339. The first-order valence-electron chi connectivity index (χ1n) is 8.81. The lowest BCUT2D eigenvalue weighted by atomic mass is 10.2. The Hall–Kier alpha value is -2.57. The molecule has 1 aromatic heterocycles. The fourth-order valence-corrected chi connectivity index (χ4v) is 3.30. The zero-order valence-electron chi connectivity index (χ0n) is 14.3. The molecule has 0 amide bonds. The smallest absolute Gasteiger partial charge is 0.266 e. The van der Waals surface area contributed by atoms with Crippen LogP contribution in [0, 0.1) is 5.82 Å². The van der Waals surface area contributed by atoms with Crippen LogP contribution in [0.4, 0.5) is 4.39 Å². The van der Waals surface area contributed by atoms with Gasteiger partial charge in [-0.1, -0.05) is 12.1 Å². The van der Waals surface area contributed by atoms with Gasteiger partial charge in [0.2, 0.25) is 0 Å². The van der Waals surface area contributed by atoms with Crippen molar-refractivity contribution in [2.24, 2.45) is 0 Å². The molecule has 0 unspecified atom stereocenters. The highest BCUT2D eigenvalue weighted by atomic mass is 19.1. The molecule has 2 heterocycles. The molecule has 4 rings (SSSR count). The highest BCUT2D eigenvalue weighted by molar-refractivity contribution is 5.77. The van der Waals surface area contributed by atoms with Crippen LogP contribution in [0.25, 0.3) is 16.6 Å². The molecular formula is C20H20FN3O2. The van der Waals surface area contributed by atoms with Gasteiger partial charge in [0, 0.05) is 13.2 Å². The van der Waals surface area contributed by atoms with Crippen molar-refractivity contribution in [3.05, 3.63) is 70.5 Å². The lowest BCUT2D eigenvalue weighted by Crippen LogP contribution is -2.31. The third kappa shape index (κ3) is 3.38. The van der Waals surface area contributed by atoms with E-state index in [1.165, 1.54) is 12.1 Å². The van der Waals surface area contributed by atoms with E-state index in [4.69, 9.17) is 4.74 Å². The van der Waals surface area contributed by atoms with Gasteiger partial charge in [-0.2, -0.15) is 0 Å². The normalized spacial score (nSPS) is 17.0. The van der Waals surface area contributed by atoms with Gasteiger partial charge in [-0.25, -0.2) is 9.37 Å². The molecule has 1 aliphatic heterocycles. The molecule has 1 aliphatic rings. The third-order valence-corrected chi connectivity index (χ3v) is 4.61. The first-order chi connectivity index (χ1) is 12.7. The maximum absolute atomic E-state index is 13.3. The van der Waals surface area contributed by atoms with Crippen molar-refractivity contribution in [1.29, 1.82) is 0 Å². The van der Waals surface area contributed by atoms with Gasteiger partial charge in [0.05, 0.1) is 29.2 Å². The molecule has 2 aromatic carbocycles. The lowest BCUT2D eigenvalue weighted by molar-refractivity contribution is 0.109. The molecule has 134 valence electrons. The van der Waals surface area contributed by atoms with Crippen LogP contribution in [0.1, 0.15) is 18.7 Å². The minimum absolute atomic E-state index is 0.156. The molecule has 1 saturated heterocycles. The number of fused-ring (bicyclic) bond motifs is 1. The molecule has 0 spiro atoms. The number of nitrogens with one attached hydrogen (secondary N) is 1. The van der Waals surface area contributed by atoms with Crippen LogP contribution in [-0.2, 0) is 11.3 Å². The first kappa shape index (κ1) is 16.9. The highest BCUT2D eigenvalue weighted by Gasteiger charge is 2.16. The number of halogens is 1. The lowest BCUT2D eigenvalue weighted by Gasteiger charge is -2.15. The van der Waals surface area contributed by atoms with E-state index in [1.54, 1.807) is 22.8 Å². The summed E-state index contributed by atoms with van der Waals surface area (Å²) in [6, 6.07) is 13.1. The van der Waals surface area contributed by atoms with Crippen molar-refractivity contribution < 1.29 is 9.13 Å². The van der Waals surface area contributed by atoms with Crippen LogP contribution >= 0.6 is 0 Å². The van der Waals surface area contributed by atoms with E-state index < -0.39 is 0 Å². The van der Waals surface area contributed by atoms with Gasteiger partial charge in [-0.05, 0) is 49.2 Å². The van der Waals surface area contributed by atoms with Crippen molar-refractivity contribution in [2.75, 3.05) is 13.2 Å². The van der Waals surface area contributed by atoms with E-state index >= 15 is 0 Å². The molecule has 26 heavy (non-hydrogen) atoms. The van der Waals surface area contributed by atoms with Crippen molar-refractivity contribution in [3.8, 4) is 5.69 Å². The standard InChI is InChI=1S/C20H20FN3O2/c21-14-7-9-15(10-8-14)24-19(13-22-12-16-4-3-11-26-16)23-18-6-2-1-5-17(18)20(24)25/h1-2,5-10,16,22H,3-4,11-13H2/t16-/m1/s1. The van der Waals surface area contributed by atoms with Crippen molar-refractivity contribution in [1.82, 2.24) is 14.9 Å². The second-order valence-corrected chi connectivity index (χ2v) is 6.43. The third-order valence-electron chi connectivity index (χ3n) is 4.61. The monoisotopic (exact) mass is 353 g/mol. The average Bonchev–Trinajstić information content (AvgIpc) is 3.17. The Balaban J connectivity index is 1.72. The predicted octanol–water partition coefficient (Wildman–Crippen LogP) is 2.79. The van der Waals surface area contributed by atoms with Gasteiger partial charge < -0.3 is 10.1 Å². The van der Waals surface area contributed by atoms with Gasteiger partial charge in [0.25, 0.3) is 5.56 Å². The van der Waals surface area contributed by atoms with Gasteiger partial charge >= 0.3 is 0 Å². The molecule has 3 aromatic rings. The topological polar surface area (TPSA) is 56.1 Å². The molecule has 1 atom stereocenters. The number of ether oxygens (including phenoxy) is 1. The number of rotatable bonds is 5. The fraction of sp³-hybridized carbons (Fsp3) is 0.300. The average molecular weight is 353 g/mol. The summed E-state index contributed by atoms with van der Waals surface area (Å²) in [5, 5.41) is 3.88. The van der Waals surface area contributed by atoms with Gasteiger partial charge in [-0.3, -0.25) is 9.36 Å². The van der Waals surface area contributed by atoms with Crippen molar-refractivity contribution >= 4 is 10.9 Å². The summed E-state index contributed by atoms with van der Waals surface area (Å²) < 4.78 is 20.5. The molecule has 0 bridgehead atoms. The number of aromatic nitrogens is 2. The number of hydrogen-bond donors (Lipinski definition) is 1. The van der Waals surface area contributed by atoms with Crippen LogP contribution in [-0.4, -0.2) is 28.8 Å². The molecule has 5 nitrogen and oxygen atoms in total. The minimum Gasteiger partial charge on any atom is -0.377 e. The van der Waals surface area contributed by atoms with Gasteiger partial charge in [0.1, 0.15) is 11.6 Å². The van der Waals surface area contributed by atoms with E-state index in [2.05, 4.69) is 10.3 Å². The van der Waals surface area contributed by atoms with E-state index in [9.17, 15) is 9.18 Å². The summed E-state index contributed by atoms with van der Waals surface area (Å²) in [5.41, 5.74) is 1.10. The van der Waals surface area contributed by atoms with Crippen LogP contribution in [0.15, 0.2) is 53.3 Å². The summed E-state index contributed by atoms with van der Waals surface area (Å²) in [5.74, 6) is 0.256. The van der Waals surface area contributed by atoms with E-state index in [0.29, 0.717) is 35.5 Å². The Morgan fingerprint density at radius 3 is 2.77 bits per heavy atom. The maximum atomic E-state index is 13.3. The maximum Gasteiger partial charge on any atom is 0.266 e. The summed E-state index contributed by atoms with van der Waals surface area (Å²) in [7, 11) is 0. The molecule has 1 fully saturated rings. The predicted molar refractivity (Wildman–Crippen MR) is 98.0 cm³/mol. The fourth-order valence-electron chi connectivity index (χ4n) is 3.30. The summed E-state index contributed by atoms with van der Waals surface area (Å²) in [6.07, 6.45) is 2.34. The number of hydrogen-bond acceptors (Lipinski definition) is 4. The molecule has 0 radical (unpaired) electrons. The Kier molecular flexibility index (Phi) is 4.77. The first-order valence-corrected chi connectivity index (χ1v) is 8.81. The second-order valence-electron chi connectivity index (χ2n) is 6.43. The molecule has 0 aliphatic carbocycles. The quantitative estimate of drug-likeness (QED) is 0.766. The van der Waals surface area contributed by atoms with E-state index in [1.807, 2.05) is 18.2 Å². The zero-order chi connectivity index (χ0) is 17.9. The van der Waals surface area contributed by atoms with Gasteiger partial charge in [0.15, 0.2) is 0 Å².